The first-order valence-corrected chi connectivity index (χ1v) is 10.8. The van der Waals surface area contributed by atoms with Crippen molar-refractivity contribution in [3.05, 3.63) is 18.2 Å². The molecule has 1 unspecified atom stereocenters. The second-order valence-electron chi connectivity index (χ2n) is 5.90. The molecule has 0 aliphatic carbocycles. The van der Waals surface area contributed by atoms with Gasteiger partial charge in [0.2, 0.25) is 22.7 Å². The number of nitrogens with one attached hydrogen (secondary N) is 1. The van der Waals surface area contributed by atoms with Crippen LogP contribution < -0.4 is 14.2 Å². The zero-order valence-electron chi connectivity index (χ0n) is 13.5. The Morgan fingerprint density at radius 1 is 1.32 bits per heavy atom. The molecule has 3 rings (SSSR count). The average Bonchev–Trinajstić information content (AvgIpc) is 3.17. The molecular weight excluding hydrogens is 372 g/mol. The number of sulfone groups is 1. The van der Waals surface area contributed by atoms with E-state index in [0.29, 0.717) is 17.9 Å². The zero-order chi connectivity index (χ0) is 18.2. The highest BCUT2D eigenvalue weighted by Crippen LogP contribution is 2.33. The molecule has 1 saturated heterocycles. The molecule has 0 saturated carbocycles. The predicted molar refractivity (Wildman–Crippen MR) is 87.6 cm³/mol. The first kappa shape index (κ1) is 18.0. The van der Waals surface area contributed by atoms with E-state index < -0.39 is 38.4 Å². The van der Waals surface area contributed by atoms with E-state index in [4.69, 9.17) is 9.47 Å². The number of likely N-dealkylation sites (N-methyl/N-ethyl adjacent to an activating group) is 1. The van der Waals surface area contributed by atoms with Gasteiger partial charge in [0.05, 0.1) is 22.9 Å². The van der Waals surface area contributed by atoms with Gasteiger partial charge in [0.25, 0.3) is 0 Å². The lowest BCUT2D eigenvalue weighted by molar-refractivity contribution is -0.130. The highest BCUT2D eigenvalue weighted by molar-refractivity contribution is 7.91. The quantitative estimate of drug-likeness (QED) is 0.709. The van der Waals surface area contributed by atoms with Gasteiger partial charge in [-0.1, -0.05) is 0 Å². The lowest BCUT2D eigenvalue weighted by Crippen LogP contribution is -2.43. The minimum Gasteiger partial charge on any atom is -0.454 e. The van der Waals surface area contributed by atoms with E-state index in [1.807, 2.05) is 0 Å². The fourth-order valence-electron chi connectivity index (χ4n) is 2.69. The minimum atomic E-state index is -3.91. The van der Waals surface area contributed by atoms with Crippen molar-refractivity contribution in [1.29, 1.82) is 0 Å². The maximum absolute atomic E-state index is 12.3. The van der Waals surface area contributed by atoms with E-state index in [1.54, 1.807) is 0 Å². The number of sulfonamides is 1. The molecule has 1 aromatic carbocycles. The lowest BCUT2D eigenvalue weighted by Gasteiger charge is -2.23. The van der Waals surface area contributed by atoms with E-state index >= 15 is 0 Å². The Morgan fingerprint density at radius 2 is 2.04 bits per heavy atom. The molecule has 11 heteroatoms. The van der Waals surface area contributed by atoms with Crippen molar-refractivity contribution in [2.45, 2.75) is 17.4 Å². The Morgan fingerprint density at radius 3 is 2.72 bits per heavy atom. The number of rotatable bonds is 5. The van der Waals surface area contributed by atoms with Gasteiger partial charge in [0, 0.05) is 19.2 Å². The van der Waals surface area contributed by atoms with Crippen LogP contribution in [0.2, 0.25) is 0 Å². The Labute approximate surface area is 145 Å². The number of amides is 1. The summed E-state index contributed by atoms with van der Waals surface area (Å²) in [7, 11) is -5.56. The summed E-state index contributed by atoms with van der Waals surface area (Å²) in [4.78, 5) is 13.4. The van der Waals surface area contributed by atoms with Crippen LogP contribution in [0.3, 0.4) is 0 Å². The van der Waals surface area contributed by atoms with Crippen LogP contribution in [0.4, 0.5) is 0 Å². The second kappa shape index (κ2) is 6.46. The molecular formula is C14H18N2O7S2. The molecule has 1 N–H and O–H groups in total. The summed E-state index contributed by atoms with van der Waals surface area (Å²) in [5.74, 6) is 0.230. The number of carbonyl (C=O) groups is 1. The van der Waals surface area contributed by atoms with Gasteiger partial charge in [0.15, 0.2) is 21.3 Å². The van der Waals surface area contributed by atoms with Crippen LogP contribution in [0.25, 0.3) is 0 Å². The van der Waals surface area contributed by atoms with Crippen molar-refractivity contribution in [1.82, 2.24) is 9.62 Å². The first-order chi connectivity index (χ1) is 11.7. The standard InChI is InChI=1S/C14H18N2O7S2/c1-16(10-4-5-24(18,19)8-10)14(17)7-15-25(20,21)11-2-3-12-13(6-11)23-9-22-12/h2-3,6,10,15H,4-5,7-9H2,1H3. The van der Waals surface area contributed by atoms with E-state index in [2.05, 4.69) is 4.72 Å². The summed E-state index contributed by atoms with van der Waals surface area (Å²) in [5, 5.41) is 0. The summed E-state index contributed by atoms with van der Waals surface area (Å²) in [5.41, 5.74) is 0. The monoisotopic (exact) mass is 390 g/mol. The van der Waals surface area contributed by atoms with Crippen molar-refractivity contribution in [3.63, 3.8) is 0 Å². The van der Waals surface area contributed by atoms with Crippen LogP contribution in [0, 0.1) is 0 Å². The van der Waals surface area contributed by atoms with Gasteiger partial charge >= 0.3 is 0 Å². The van der Waals surface area contributed by atoms with Gasteiger partial charge in [-0.25, -0.2) is 21.6 Å². The van der Waals surface area contributed by atoms with Gasteiger partial charge in [-0.2, -0.15) is 0 Å². The Kier molecular flexibility index (Phi) is 4.64. The third-order valence-electron chi connectivity index (χ3n) is 4.22. The summed E-state index contributed by atoms with van der Waals surface area (Å²) < 4.78 is 60.1. The van der Waals surface area contributed by atoms with E-state index in [0.717, 1.165) is 0 Å². The molecule has 138 valence electrons. The van der Waals surface area contributed by atoms with Crippen LogP contribution in [0.5, 0.6) is 11.5 Å². The Hall–Kier alpha value is -1.85. The molecule has 0 aromatic heterocycles. The summed E-state index contributed by atoms with van der Waals surface area (Å²) >= 11 is 0. The third-order valence-corrected chi connectivity index (χ3v) is 7.37. The van der Waals surface area contributed by atoms with Crippen LogP contribution in [0.15, 0.2) is 23.1 Å². The fraction of sp³-hybridized carbons (Fsp3) is 0.500. The number of benzene rings is 1. The van der Waals surface area contributed by atoms with E-state index in [9.17, 15) is 21.6 Å². The zero-order valence-corrected chi connectivity index (χ0v) is 15.1. The smallest absolute Gasteiger partial charge is 0.241 e. The van der Waals surface area contributed by atoms with Crippen LogP contribution in [-0.4, -0.2) is 65.6 Å². The van der Waals surface area contributed by atoms with Gasteiger partial charge in [-0.15, -0.1) is 0 Å². The number of hydrogen-bond acceptors (Lipinski definition) is 7. The molecule has 9 nitrogen and oxygen atoms in total. The van der Waals surface area contributed by atoms with E-state index in [-0.39, 0.29) is 23.2 Å². The van der Waals surface area contributed by atoms with Crippen LogP contribution in [0.1, 0.15) is 6.42 Å². The van der Waals surface area contributed by atoms with Gasteiger partial charge < -0.3 is 14.4 Å². The molecule has 1 atom stereocenters. The number of ether oxygens (including phenoxy) is 2. The Balaban J connectivity index is 1.63. The number of nitrogens with zero attached hydrogens (tertiary/aromatic N) is 1. The first-order valence-electron chi connectivity index (χ1n) is 7.53. The van der Waals surface area contributed by atoms with Gasteiger partial charge in [-0.3, -0.25) is 4.79 Å². The molecule has 2 aliphatic heterocycles. The maximum atomic E-state index is 12.3. The highest BCUT2D eigenvalue weighted by Gasteiger charge is 2.33. The van der Waals surface area contributed by atoms with Crippen molar-refractivity contribution >= 4 is 25.8 Å². The highest BCUT2D eigenvalue weighted by atomic mass is 32.2. The number of carbonyl (C=O) groups excluding carboxylic acids is 1. The molecule has 25 heavy (non-hydrogen) atoms. The molecule has 1 amide bonds. The fourth-order valence-corrected chi connectivity index (χ4v) is 5.46. The molecule has 0 bridgehead atoms. The molecule has 2 aliphatic rings. The molecule has 2 heterocycles. The predicted octanol–water partition coefficient (Wildman–Crippen LogP) is -0.661. The summed E-state index contributed by atoms with van der Waals surface area (Å²) in [6, 6.07) is 3.73. The van der Waals surface area contributed by atoms with Crippen molar-refractivity contribution in [3.8, 4) is 11.5 Å². The average molecular weight is 390 g/mol. The summed E-state index contributed by atoms with van der Waals surface area (Å²) in [6.07, 6.45) is 0.361. The number of fused-ring (bicyclic) bond motifs is 1. The van der Waals surface area contributed by atoms with E-state index in [1.165, 1.54) is 30.1 Å². The molecule has 1 aromatic rings. The normalized spacial score (nSPS) is 21.2. The van der Waals surface area contributed by atoms with Crippen molar-refractivity contribution < 1.29 is 31.1 Å². The minimum absolute atomic E-state index is 0.0276. The summed E-state index contributed by atoms with van der Waals surface area (Å²) in [6.45, 7) is -0.427. The van der Waals surface area contributed by atoms with Crippen LogP contribution >= 0.6 is 0 Å². The number of hydrogen-bond donors (Lipinski definition) is 1. The van der Waals surface area contributed by atoms with Gasteiger partial charge in [0.1, 0.15) is 0 Å². The lowest BCUT2D eigenvalue weighted by atomic mass is 10.2. The van der Waals surface area contributed by atoms with Crippen LogP contribution in [-0.2, 0) is 24.7 Å². The Bertz CT molecular complexity index is 896. The molecule has 0 radical (unpaired) electrons. The SMILES string of the molecule is CN(C(=O)CNS(=O)(=O)c1ccc2c(c1)OCO2)C1CCS(=O)(=O)C1. The third kappa shape index (κ3) is 3.88. The largest absolute Gasteiger partial charge is 0.454 e. The molecule has 0 spiro atoms. The van der Waals surface area contributed by atoms with Crippen molar-refractivity contribution in [2.24, 2.45) is 0 Å². The molecule has 1 fully saturated rings. The van der Waals surface area contributed by atoms with Gasteiger partial charge in [-0.05, 0) is 18.6 Å². The maximum Gasteiger partial charge on any atom is 0.241 e. The van der Waals surface area contributed by atoms with Crippen molar-refractivity contribution in [2.75, 3.05) is 31.9 Å². The second-order valence-corrected chi connectivity index (χ2v) is 9.90. The topological polar surface area (TPSA) is 119 Å².